The number of ether oxygens (including phenoxy) is 2. The molecule has 0 aromatic heterocycles. The lowest BCUT2D eigenvalue weighted by Crippen LogP contribution is -2.06. The summed E-state index contributed by atoms with van der Waals surface area (Å²) in [6.07, 6.45) is -3.06. The fourth-order valence-electron chi connectivity index (χ4n) is 3.00. The highest BCUT2D eigenvalue weighted by Crippen LogP contribution is 2.40. The van der Waals surface area contributed by atoms with Crippen LogP contribution in [0.5, 0.6) is 17.2 Å². The second-order valence-corrected chi connectivity index (χ2v) is 7.23. The van der Waals surface area contributed by atoms with Gasteiger partial charge in [-0.2, -0.15) is 13.2 Å². The minimum Gasteiger partial charge on any atom is -0.490 e. The molecule has 0 fully saturated rings. The Balaban J connectivity index is 1.94. The van der Waals surface area contributed by atoms with E-state index in [-0.39, 0.29) is 23.9 Å². The van der Waals surface area contributed by atoms with Crippen molar-refractivity contribution in [3.63, 3.8) is 0 Å². The van der Waals surface area contributed by atoms with Crippen molar-refractivity contribution in [2.75, 3.05) is 6.61 Å². The Labute approximate surface area is 188 Å². The number of hydrogen-bond acceptors (Lipinski definition) is 5. The molecule has 0 aliphatic rings. The molecule has 3 aromatic rings. The third-order valence-corrected chi connectivity index (χ3v) is 4.69. The van der Waals surface area contributed by atoms with Crippen LogP contribution in [0.2, 0.25) is 0 Å². The molecule has 0 bridgehead atoms. The van der Waals surface area contributed by atoms with Gasteiger partial charge in [-0.3, -0.25) is 15.1 Å². The van der Waals surface area contributed by atoms with E-state index < -0.39 is 22.4 Å². The van der Waals surface area contributed by atoms with E-state index >= 15 is 0 Å². The second kappa shape index (κ2) is 9.72. The average Bonchev–Trinajstić information content (AvgIpc) is 2.75. The van der Waals surface area contributed by atoms with Gasteiger partial charge in [0, 0.05) is 12.3 Å². The molecule has 33 heavy (non-hydrogen) atoms. The van der Waals surface area contributed by atoms with Crippen LogP contribution in [0.1, 0.15) is 29.2 Å². The van der Waals surface area contributed by atoms with Crippen molar-refractivity contribution in [1.82, 2.24) is 0 Å². The van der Waals surface area contributed by atoms with E-state index in [2.05, 4.69) is 4.99 Å². The highest BCUT2D eigenvalue weighted by atomic mass is 19.4. The zero-order valence-electron chi connectivity index (χ0n) is 18.1. The Morgan fingerprint density at radius 3 is 2.39 bits per heavy atom. The van der Waals surface area contributed by atoms with Gasteiger partial charge in [0.25, 0.3) is 0 Å². The quantitative estimate of drug-likeness (QED) is 0.214. The van der Waals surface area contributed by atoms with Gasteiger partial charge in [0.1, 0.15) is 0 Å². The van der Waals surface area contributed by atoms with E-state index in [0.717, 1.165) is 28.9 Å². The van der Waals surface area contributed by atoms with Crippen LogP contribution in [0, 0.1) is 24.0 Å². The summed E-state index contributed by atoms with van der Waals surface area (Å²) in [5, 5.41) is 11.3. The first-order valence-electron chi connectivity index (χ1n) is 10.00. The molecule has 0 unspecified atom stereocenters. The molecule has 0 atom stereocenters. The van der Waals surface area contributed by atoms with E-state index in [4.69, 9.17) is 9.47 Å². The van der Waals surface area contributed by atoms with E-state index in [1.165, 1.54) is 6.07 Å². The number of aryl methyl sites for hydroxylation is 2. The van der Waals surface area contributed by atoms with Gasteiger partial charge >= 0.3 is 11.9 Å². The van der Waals surface area contributed by atoms with Gasteiger partial charge < -0.3 is 9.47 Å². The molecule has 0 aliphatic heterocycles. The lowest BCUT2D eigenvalue weighted by molar-refractivity contribution is -0.385. The first-order valence-corrected chi connectivity index (χ1v) is 10.00. The minimum absolute atomic E-state index is 0.128. The number of benzene rings is 3. The van der Waals surface area contributed by atoms with E-state index in [9.17, 15) is 23.3 Å². The summed E-state index contributed by atoms with van der Waals surface area (Å²) in [5.41, 5.74) is 1.65. The summed E-state index contributed by atoms with van der Waals surface area (Å²) in [6.45, 7) is 5.95. The zero-order chi connectivity index (χ0) is 24.2. The largest absolute Gasteiger partial charge is 0.490 e. The summed E-state index contributed by atoms with van der Waals surface area (Å²) in [4.78, 5) is 14.9. The van der Waals surface area contributed by atoms with Crippen molar-refractivity contribution in [3.8, 4) is 17.2 Å². The summed E-state index contributed by atoms with van der Waals surface area (Å²) in [6, 6.07) is 12.9. The molecule has 0 aliphatic carbocycles. The number of hydrogen-bond donors (Lipinski definition) is 0. The molecule has 6 nitrogen and oxygen atoms in total. The van der Waals surface area contributed by atoms with Crippen molar-refractivity contribution in [3.05, 3.63) is 87.0 Å². The van der Waals surface area contributed by atoms with Crippen molar-refractivity contribution in [1.29, 1.82) is 0 Å². The SMILES string of the molecule is CCOc1cc(C=Nc2cc(C)ccc2C)ccc1Oc1ccc(C(F)(F)F)cc1[N+](=O)[O-]. The van der Waals surface area contributed by atoms with Gasteiger partial charge in [-0.25, -0.2) is 0 Å². The zero-order valence-corrected chi connectivity index (χ0v) is 18.1. The summed E-state index contributed by atoms with van der Waals surface area (Å²) in [7, 11) is 0. The molecule has 0 saturated heterocycles. The van der Waals surface area contributed by atoms with Gasteiger partial charge in [0.2, 0.25) is 5.75 Å². The predicted molar refractivity (Wildman–Crippen MR) is 119 cm³/mol. The number of rotatable bonds is 7. The predicted octanol–water partition coefficient (Wildman–Crippen LogP) is 7.17. The topological polar surface area (TPSA) is 74.0 Å². The molecule has 9 heteroatoms. The molecule has 0 saturated carbocycles. The van der Waals surface area contributed by atoms with Gasteiger partial charge in [0.15, 0.2) is 11.5 Å². The average molecular weight is 458 g/mol. The normalized spacial score (nSPS) is 11.6. The fraction of sp³-hybridized carbons (Fsp3) is 0.208. The molecule has 0 heterocycles. The van der Waals surface area contributed by atoms with Crippen LogP contribution in [-0.4, -0.2) is 17.7 Å². The number of halogens is 3. The first-order chi connectivity index (χ1) is 15.6. The van der Waals surface area contributed by atoms with Crippen LogP contribution >= 0.6 is 0 Å². The van der Waals surface area contributed by atoms with Crippen LogP contribution < -0.4 is 9.47 Å². The van der Waals surface area contributed by atoms with E-state index in [0.29, 0.717) is 11.6 Å². The monoisotopic (exact) mass is 458 g/mol. The number of nitro groups is 1. The molecular formula is C24H21F3N2O4. The molecule has 0 N–H and O–H groups in total. The Hall–Kier alpha value is -3.88. The molecule has 172 valence electrons. The maximum absolute atomic E-state index is 12.9. The molecule has 0 amide bonds. The molecule has 0 radical (unpaired) electrons. The van der Waals surface area contributed by atoms with Crippen molar-refractivity contribution < 1.29 is 27.6 Å². The summed E-state index contributed by atoms with van der Waals surface area (Å²) < 4.78 is 50.0. The van der Waals surface area contributed by atoms with Gasteiger partial charge in [-0.05, 0) is 73.9 Å². The smallest absolute Gasteiger partial charge is 0.416 e. The van der Waals surface area contributed by atoms with Crippen molar-refractivity contribution in [2.24, 2.45) is 4.99 Å². The number of alkyl halides is 3. The van der Waals surface area contributed by atoms with Gasteiger partial charge in [-0.1, -0.05) is 12.1 Å². The van der Waals surface area contributed by atoms with Gasteiger partial charge in [0.05, 0.1) is 22.8 Å². The van der Waals surface area contributed by atoms with Crippen molar-refractivity contribution >= 4 is 17.6 Å². The maximum Gasteiger partial charge on any atom is 0.416 e. The third kappa shape index (κ3) is 5.88. The second-order valence-electron chi connectivity index (χ2n) is 7.23. The minimum atomic E-state index is -4.71. The Bertz CT molecular complexity index is 1210. The maximum atomic E-state index is 12.9. The summed E-state index contributed by atoms with van der Waals surface area (Å²) >= 11 is 0. The summed E-state index contributed by atoms with van der Waals surface area (Å²) in [5.74, 6) is 0.0750. The molecule has 0 spiro atoms. The lowest BCUT2D eigenvalue weighted by Gasteiger charge is -2.13. The Morgan fingerprint density at radius 2 is 1.73 bits per heavy atom. The Kier molecular flexibility index (Phi) is 7.01. The van der Waals surface area contributed by atoms with Crippen LogP contribution in [0.3, 0.4) is 0 Å². The number of nitro benzene ring substituents is 1. The molecule has 3 rings (SSSR count). The van der Waals surface area contributed by atoms with Crippen LogP contribution in [0.4, 0.5) is 24.5 Å². The molecule has 3 aromatic carbocycles. The fourth-order valence-corrected chi connectivity index (χ4v) is 3.00. The number of aliphatic imine (C=N–C) groups is 1. The number of nitrogens with zero attached hydrogens (tertiary/aromatic N) is 2. The highest BCUT2D eigenvalue weighted by molar-refractivity contribution is 5.83. The molecular weight excluding hydrogens is 437 g/mol. The van der Waals surface area contributed by atoms with Crippen LogP contribution in [0.25, 0.3) is 0 Å². The van der Waals surface area contributed by atoms with E-state index in [1.807, 2.05) is 32.0 Å². The van der Waals surface area contributed by atoms with Crippen molar-refractivity contribution in [2.45, 2.75) is 26.9 Å². The third-order valence-electron chi connectivity index (χ3n) is 4.69. The van der Waals surface area contributed by atoms with Crippen LogP contribution in [-0.2, 0) is 6.18 Å². The highest BCUT2D eigenvalue weighted by Gasteiger charge is 2.33. The van der Waals surface area contributed by atoms with Crippen LogP contribution in [0.15, 0.2) is 59.6 Å². The lowest BCUT2D eigenvalue weighted by atomic mass is 10.1. The standard InChI is InChI=1S/C24H21F3N2O4/c1-4-32-23-12-17(14-28-19-11-15(2)5-6-16(19)3)7-9-22(23)33-21-10-8-18(24(25,26)27)13-20(21)29(30)31/h5-14H,4H2,1-3H3. The Morgan fingerprint density at radius 1 is 1.00 bits per heavy atom. The van der Waals surface area contributed by atoms with E-state index in [1.54, 1.807) is 25.3 Å². The first kappa shape index (κ1) is 23.8. The van der Waals surface area contributed by atoms with Gasteiger partial charge in [-0.15, -0.1) is 0 Å².